The maximum absolute atomic E-state index is 13.0. The molecule has 0 aliphatic carbocycles. The van der Waals surface area contributed by atoms with Crippen molar-refractivity contribution in [1.82, 2.24) is 4.90 Å². The summed E-state index contributed by atoms with van der Waals surface area (Å²) in [6.07, 6.45) is 1.48. The predicted octanol–water partition coefficient (Wildman–Crippen LogP) is 3.23. The van der Waals surface area contributed by atoms with Crippen molar-refractivity contribution in [2.24, 2.45) is 11.8 Å². The molecule has 32 heavy (non-hydrogen) atoms. The van der Waals surface area contributed by atoms with Crippen LogP contribution in [0.4, 0.5) is 11.4 Å². The van der Waals surface area contributed by atoms with Crippen LogP contribution in [0.1, 0.15) is 24.8 Å². The third kappa shape index (κ3) is 4.77. The maximum Gasteiger partial charge on any atom is 0.228 e. The number of likely N-dealkylation sites (tertiary alicyclic amines) is 1. The largest absolute Gasteiger partial charge is 0.497 e. The fourth-order valence-corrected chi connectivity index (χ4v) is 4.39. The van der Waals surface area contributed by atoms with Crippen LogP contribution in [-0.2, 0) is 14.4 Å². The lowest BCUT2D eigenvalue weighted by Gasteiger charge is -2.33. The molecule has 2 aliphatic rings. The number of rotatable bonds is 5. The van der Waals surface area contributed by atoms with Crippen LogP contribution in [0.2, 0.25) is 0 Å². The molecule has 168 valence electrons. The molecule has 0 saturated carbocycles. The molecule has 2 heterocycles. The normalized spacial score (nSPS) is 19.2. The van der Waals surface area contributed by atoms with E-state index in [4.69, 9.17) is 4.74 Å². The average molecular weight is 436 g/mol. The minimum absolute atomic E-state index is 0.0130. The van der Waals surface area contributed by atoms with Crippen LogP contribution in [-0.4, -0.2) is 49.4 Å². The molecule has 1 atom stereocenters. The molecule has 4 rings (SSSR count). The van der Waals surface area contributed by atoms with Gasteiger partial charge in [-0.1, -0.05) is 17.7 Å². The number of ether oxygens (including phenoxy) is 1. The van der Waals surface area contributed by atoms with Crippen molar-refractivity contribution in [2.75, 3.05) is 37.0 Å². The molecule has 0 aromatic heterocycles. The third-order valence-corrected chi connectivity index (χ3v) is 6.35. The molecular weight excluding hydrogens is 406 g/mol. The first-order valence-electron chi connectivity index (χ1n) is 11.1. The molecule has 2 fully saturated rings. The Morgan fingerprint density at radius 1 is 0.969 bits per heavy atom. The molecule has 2 aromatic carbocycles. The van der Waals surface area contributed by atoms with Gasteiger partial charge in [0.1, 0.15) is 5.75 Å². The van der Waals surface area contributed by atoms with Gasteiger partial charge in [-0.2, -0.15) is 0 Å². The van der Waals surface area contributed by atoms with Gasteiger partial charge in [0.25, 0.3) is 0 Å². The lowest BCUT2D eigenvalue weighted by atomic mass is 9.94. The average Bonchev–Trinajstić information content (AvgIpc) is 3.21. The molecular formula is C25H29N3O4. The number of carbonyl (C=O) groups is 3. The quantitative estimate of drug-likeness (QED) is 0.782. The summed E-state index contributed by atoms with van der Waals surface area (Å²) in [5.74, 6) is 0.261. The number of piperidine rings is 1. The summed E-state index contributed by atoms with van der Waals surface area (Å²) in [4.78, 5) is 41.7. The van der Waals surface area contributed by atoms with Crippen LogP contribution < -0.4 is 15.0 Å². The summed E-state index contributed by atoms with van der Waals surface area (Å²) in [7, 11) is 1.60. The van der Waals surface area contributed by atoms with E-state index < -0.39 is 0 Å². The van der Waals surface area contributed by atoms with Gasteiger partial charge in [0.05, 0.1) is 13.0 Å². The zero-order valence-electron chi connectivity index (χ0n) is 18.5. The summed E-state index contributed by atoms with van der Waals surface area (Å²) >= 11 is 0. The Bertz CT molecular complexity index is 979. The van der Waals surface area contributed by atoms with Gasteiger partial charge < -0.3 is 19.9 Å². The van der Waals surface area contributed by atoms with Gasteiger partial charge in [0, 0.05) is 43.3 Å². The van der Waals surface area contributed by atoms with E-state index in [1.807, 2.05) is 48.2 Å². The number of carbonyl (C=O) groups excluding carboxylic acids is 3. The second-order valence-electron chi connectivity index (χ2n) is 8.56. The number of benzene rings is 2. The summed E-state index contributed by atoms with van der Waals surface area (Å²) in [5.41, 5.74) is 2.70. The van der Waals surface area contributed by atoms with Gasteiger partial charge in [-0.05, 0) is 56.2 Å². The number of hydrogen-bond donors (Lipinski definition) is 1. The highest BCUT2D eigenvalue weighted by Gasteiger charge is 2.38. The lowest BCUT2D eigenvalue weighted by Crippen LogP contribution is -2.44. The molecule has 7 nitrogen and oxygen atoms in total. The van der Waals surface area contributed by atoms with Gasteiger partial charge in [0.2, 0.25) is 17.7 Å². The van der Waals surface area contributed by atoms with Crippen molar-refractivity contribution < 1.29 is 19.1 Å². The summed E-state index contributed by atoms with van der Waals surface area (Å²) < 4.78 is 5.14. The van der Waals surface area contributed by atoms with Crippen LogP contribution in [0.25, 0.3) is 0 Å². The topological polar surface area (TPSA) is 79.0 Å². The summed E-state index contributed by atoms with van der Waals surface area (Å²) in [6.45, 7) is 3.49. The van der Waals surface area contributed by atoms with Crippen molar-refractivity contribution in [3.05, 3.63) is 54.1 Å². The Balaban J connectivity index is 1.29. The molecule has 2 saturated heterocycles. The Morgan fingerprint density at radius 2 is 1.62 bits per heavy atom. The van der Waals surface area contributed by atoms with Gasteiger partial charge in [-0.25, -0.2) is 0 Å². The highest BCUT2D eigenvalue weighted by molar-refractivity contribution is 6.00. The number of amides is 3. The zero-order chi connectivity index (χ0) is 22.7. The monoisotopic (exact) mass is 435 g/mol. The molecule has 0 bridgehead atoms. The van der Waals surface area contributed by atoms with E-state index in [0.717, 1.165) is 22.7 Å². The third-order valence-electron chi connectivity index (χ3n) is 6.35. The standard InChI is InChI=1S/C25H29N3O4/c1-17-3-7-21(8-4-17)28-16-19(15-23(28)29)25(31)27-13-11-18(12-14-27)24(30)26-20-5-9-22(32-2)10-6-20/h3-10,18-19H,11-16H2,1-2H3,(H,26,30)/t19-/m1/s1. The van der Waals surface area contributed by atoms with Crippen molar-refractivity contribution in [3.63, 3.8) is 0 Å². The number of methoxy groups -OCH3 is 1. The SMILES string of the molecule is COc1ccc(NC(=O)C2CCN(C(=O)[C@@H]3CC(=O)N(c4ccc(C)cc4)C3)CC2)cc1. The van der Waals surface area contributed by atoms with E-state index in [1.54, 1.807) is 24.1 Å². The van der Waals surface area contributed by atoms with E-state index in [-0.39, 0.29) is 36.0 Å². The minimum Gasteiger partial charge on any atom is -0.497 e. The van der Waals surface area contributed by atoms with Crippen LogP contribution >= 0.6 is 0 Å². The van der Waals surface area contributed by atoms with E-state index in [1.165, 1.54) is 0 Å². The highest BCUT2D eigenvalue weighted by atomic mass is 16.5. The number of aryl methyl sites for hydroxylation is 1. The fourth-order valence-electron chi connectivity index (χ4n) is 4.39. The van der Waals surface area contributed by atoms with Crippen LogP contribution in [0, 0.1) is 18.8 Å². The van der Waals surface area contributed by atoms with Crippen LogP contribution in [0.15, 0.2) is 48.5 Å². The maximum atomic E-state index is 13.0. The molecule has 7 heteroatoms. The van der Waals surface area contributed by atoms with Gasteiger partial charge >= 0.3 is 0 Å². The van der Waals surface area contributed by atoms with E-state index in [9.17, 15) is 14.4 Å². The first kappa shape index (κ1) is 21.9. The molecule has 1 N–H and O–H groups in total. The van der Waals surface area contributed by atoms with Crippen LogP contribution in [0.3, 0.4) is 0 Å². The minimum atomic E-state index is -0.325. The molecule has 0 radical (unpaired) electrons. The Labute approximate surface area is 188 Å². The number of nitrogens with zero attached hydrogens (tertiary/aromatic N) is 2. The van der Waals surface area contributed by atoms with Gasteiger partial charge in [-0.15, -0.1) is 0 Å². The molecule has 3 amide bonds. The van der Waals surface area contributed by atoms with Gasteiger partial charge in [-0.3, -0.25) is 14.4 Å². The smallest absolute Gasteiger partial charge is 0.228 e. The summed E-state index contributed by atoms with van der Waals surface area (Å²) in [5, 5.41) is 2.95. The summed E-state index contributed by atoms with van der Waals surface area (Å²) in [6, 6.07) is 15.0. The van der Waals surface area contributed by atoms with Crippen LogP contribution in [0.5, 0.6) is 5.75 Å². The number of hydrogen-bond acceptors (Lipinski definition) is 4. The zero-order valence-corrected chi connectivity index (χ0v) is 18.5. The van der Waals surface area contributed by atoms with Crippen molar-refractivity contribution in [2.45, 2.75) is 26.2 Å². The molecule has 2 aliphatic heterocycles. The Hall–Kier alpha value is -3.35. The number of nitrogens with one attached hydrogen (secondary N) is 1. The van der Waals surface area contributed by atoms with E-state index in [0.29, 0.717) is 32.5 Å². The lowest BCUT2D eigenvalue weighted by molar-refractivity contribution is -0.138. The first-order chi connectivity index (χ1) is 15.4. The van der Waals surface area contributed by atoms with Gasteiger partial charge in [0.15, 0.2) is 0 Å². The van der Waals surface area contributed by atoms with E-state index >= 15 is 0 Å². The number of anilines is 2. The highest BCUT2D eigenvalue weighted by Crippen LogP contribution is 2.28. The molecule has 2 aromatic rings. The van der Waals surface area contributed by atoms with Crippen molar-refractivity contribution in [3.8, 4) is 5.75 Å². The Morgan fingerprint density at radius 3 is 2.25 bits per heavy atom. The predicted molar refractivity (Wildman–Crippen MR) is 123 cm³/mol. The van der Waals surface area contributed by atoms with Crippen molar-refractivity contribution in [1.29, 1.82) is 0 Å². The Kier molecular flexibility index (Phi) is 6.44. The molecule has 0 spiro atoms. The second kappa shape index (κ2) is 9.42. The van der Waals surface area contributed by atoms with Crippen molar-refractivity contribution >= 4 is 29.1 Å². The second-order valence-corrected chi connectivity index (χ2v) is 8.56. The molecule has 0 unspecified atom stereocenters. The first-order valence-corrected chi connectivity index (χ1v) is 11.1. The fraction of sp³-hybridized carbons (Fsp3) is 0.400. The van der Waals surface area contributed by atoms with E-state index in [2.05, 4.69) is 5.32 Å².